The Labute approximate surface area is 82.5 Å². The quantitative estimate of drug-likeness (QED) is 0.579. The van der Waals surface area contributed by atoms with Gasteiger partial charge in [-0.15, -0.1) is 5.10 Å². The zero-order chi connectivity index (χ0) is 9.97. The van der Waals surface area contributed by atoms with Gasteiger partial charge in [0, 0.05) is 33.2 Å². The standard InChI is InChI=1S/C8H15N5O/c1-12-8(5-10-11-12)13-3-2-9-4-7(14)6-13/h5,7,9,14H,2-4,6H2,1H3. The molecule has 2 N–H and O–H groups in total. The molecule has 2 heterocycles. The third-order valence-electron chi connectivity index (χ3n) is 2.38. The van der Waals surface area contributed by atoms with E-state index in [2.05, 4.69) is 20.5 Å². The van der Waals surface area contributed by atoms with Gasteiger partial charge in [0.15, 0.2) is 0 Å². The molecule has 1 fully saturated rings. The number of aliphatic hydroxyl groups is 1. The molecule has 0 radical (unpaired) electrons. The van der Waals surface area contributed by atoms with Gasteiger partial charge in [-0.2, -0.15) is 0 Å². The summed E-state index contributed by atoms with van der Waals surface area (Å²) in [5.41, 5.74) is 0. The van der Waals surface area contributed by atoms with Crippen LogP contribution in [0.2, 0.25) is 0 Å². The highest BCUT2D eigenvalue weighted by atomic mass is 16.3. The van der Waals surface area contributed by atoms with Crippen LogP contribution >= 0.6 is 0 Å². The molecule has 0 spiro atoms. The molecule has 1 aromatic heterocycles. The van der Waals surface area contributed by atoms with E-state index in [1.807, 2.05) is 7.05 Å². The Morgan fingerprint density at radius 1 is 1.64 bits per heavy atom. The number of nitrogens with zero attached hydrogens (tertiary/aromatic N) is 4. The van der Waals surface area contributed by atoms with E-state index in [-0.39, 0.29) is 6.10 Å². The van der Waals surface area contributed by atoms with E-state index in [4.69, 9.17) is 0 Å². The van der Waals surface area contributed by atoms with Crippen LogP contribution < -0.4 is 10.2 Å². The van der Waals surface area contributed by atoms with Crippen LogP contribution in [0.15, 0.2) is 6.20 Å². The topological polar surface area (TPSA) is 66.2 Å². The lowest BCUT2D eigenvalue weighted by Crippen LogP contribution is -2.33. The lowest BCUT2D eigenvalue weighted by atomic mass is 10.3. The smallest absolute Gasteiger partial charge is 0.147 e. The van der Waals surface area contributed by atoms with Crippen LogP contribution in [0.1, 0.15) is 0 Å². The highest BCUT2D eigenvalue weighted by Crippen LogP contribution is 2.11. The Kier molecular flexibility index (Phi) is 2.64. The van der Waals surface area contributed by atoms with E-state index in [1.54, 1.807) is 10.9 Å². The number of hydrogen-bond acceptors (Lipinski definition) is 5. The van der Waals surface area contributed by atoms with Crippen LogP contribution in [0.25, 0.3) is 0 Å². The van der Waals surface area contributed by atoms with Crippen LogP contribution in [0.3, 0.4) is 0 Å². The van der Waals surface area contributed by atoms with Crippen molar-refractivity contribution >= 4 is 5.82 Å². The second kappa shape index (κ2) is 3.93. The lowest BCUT2D eigenvalue weighted by Gasteiger charge is -2.22. The largest absolute Gasteiger partial charge is 0.390 e. The molecule has 6 heteroatoms. The van der Waals surface area contributed by atoms with Crippen LogP contribution in [0.4, 0.5) is 5.82 Å². The predicted molar refractivity (Wildman–Crippen MR) is 52.1 cm³/mol. The average molecular weight is 197 g/mol. The molecular weight excluding hydrogens is 182 g/mol. The molecular formula is C8H15N5O. The summed E-state index contributed by atoms with van der Waals surface area (Å²) in [5.74, 6) is 0.952. The third kappa shape index (κ3) is 1.85. The number of aryl methyl sites for hydroxylation is 1. The van der Waals surface area contributed by atoms with E-state index in [0.29, 0.717) is 13.1 Å². The molecule has 1 aliphatic rings. The van der Waals surface area contributed by atoms with Gasteiger partial charge in [0.2, 0.25) is 0 Å². The SMILES string of the molecule is Cn1nncc1N1CCNCC(O)C1. The van der Waals surface area contributed by atoms with Crippen molar-refractivity contribution in [1.29, 1.82) is 0 Å². The number of anilines is 1. The first kappa shape index (κ1) is 9.42. The molecule has 2 rings (SSSR count). The Morgan fingerprint density at radius 2 is 2.50 bits per heavy atom. The van der Waals surface area contributed by atoms with Crippen LogP contribution in [-0.4, -0.2) is 52.4 Å². The number of β-amino-alcohol motifs (C(OH)–C–C–N with tert-alkyl or cyclic N) is 1. The summed E-state index contributed by atoms with van der Waals surface area (Å²) in [6, 6.07) is 0. The number of aromatic nitrogens is 3. The van der Waals surface area contributed by atoms with Crippen molar-refractivity contribution in [3.63, 3.8) is 0 Å². The average Bonchev–Trinajstić information content (AvgIpc) is 2.45. The first-order chi connectivity index (χ1) is 6.77. The minimum absolute atomic E-state index is 0.326. The van der Waals surface area contributed by atoms with Crippen LogP contribution in [0.5, 0.6) is 0 Å². The Morgan fingerprint density at radius 3 is 3.21 bits per heavy atom. The molecule has 1 aromatic rings. The molecule has 0 saturated carbocycles. The molecule has 6 nitrogen and oxygen atoms in total. The van der Waals surface area contributed by atoms with Gasteiger partial charge in [-0.1, -0.05) is 5.21 Å². The van der Waals surface area contributed by atoms with Gasteiger partial charge in [-0.3, -0.25) is 0 Å². The molecule has 1 atom stereocenters. The van der Waals surface area contributed by atoms with Crippen molar-refractivity contribution in [3.8, 4) is 0 Å². The summed E-state index contributed by atoms with van der Waals surface area (Å²) < 4.78 is 1.72. The first-order valence-corrected chi connectivity index (χ1v) is 4.76. The van der Waals surface area contributed by atoms with Crippen LogP contribution in [-0.2, 0) is 7.05 Å². The lowest BCUT2D eigenvalue weighted by molar-refractivity contribution is 0.184. The van der Waals surface area contributed by atoms with E-state index < -0.39 is 0 Å². The van der Waals surface area contributed by atoms with E-state index in [0.717, 1.165) is 18.9 Å². The highest BCUT2D eigenvalue weighted by molar-refractivity contribution is 5.36. The first-order valence-electron chi connectivity index (χ1n) is 4.76. The fourth-order valence-electron chi connectivity index (χ4n) is 1.67. The zero-order valence-electron chi connectivity index (χ0n) is 8.22. The van der Waals surface area contributed by atoms with E-state index >= 15 is 0 Å². The van der Waals surface area contributed by atoms with Crippen molar-refractivity contribution in [2.75, 3.05) is 31.1 Å². The molecule has 1 aliphatic heterocycles. The van der Waals surface area contributed by atoms with Crippen molar-refractivity contribution in [1.82, 2.24) is 20.3 Å². The molecule has 1 unspecified atom stereocenters. The van der Waals surface area contributed by atoms with Gasteiger partial charge in [0.1, 0.15) is 5.82 Å². The number of rotatable bonds is 1. The second-order valence-electron chi connectivity index (χ2n) is 3.52. The number of hydrogen-bond donors (Lipinski definition) is 2. The number of nitrogens with one attached hydrogen (secondary N) is 1. The van der Waals surface area contributed by atoms with E-state index in [1.165, 1.54) is 0 Å². The fraction of sp³-hybridized carbons (Fsp3) is 0.750. The van der Waals surface area contributed by atoms with Gasteiger partial charge in [-0.25, -0.2) is 4.68 Å². The van der Waals surface area contributed by atoms with Crippen molar-refractivity contribution in [2.45, 2.75) is 6.10 Å². The summed E-state index contributed by atoms with van der Waals surface area (Å²) in [6.07, 6.45) is 1.39. The van der Waals surface area contributed by atoms with E-state index in [9.17, 15) is 5.11 Å². The van der Waals surface area contributed by atoms with Gasteiger partial charge < -0.3 is 15.3 Å². The molecule has 78 valence electrons. The minimum Gasteiger partial charge on any atom is -0.390 e. The van der Waals surface area contributed by atoms with Crippen molar-refractivity contribution < 1.29 is 5.11 Å². The predicted octanol–water partition coefficient (Wildman–Crippen LogP) is -1.41. The molecule has 0 aliphatic carbocycles. The summed E-state index contributed by atoms with van der Waals surface area (Å²) in [4.78, 5) is 2.09. The summed E-state index contributed by atoms with van der Waals surface area (Å²) >= 11 is 0. The third-order valence-corrected chi connectivity index (χ3v) is 2.38. The maximum Gasteiger partial charge on any atom is 0.147 e. The van der Waals surface area contributed by atoms with Crippen LogP contribution in [0, 0.1) is 0 Å². The molecule has 1 saturated heterocycles. The molecule has 0 aromatic carbocycles. The molecule has 0 bridgehead atoms. The maximum atomic E-state index is 9.60. The Balaban J connectivity index is 2.13. The maximum absolute atomic E-state index is 9.60. The van der Waals surface area contributed by atoms with Gasteiger partial charge >= 0.3 is 0 Å². The monoisotopic (exact) mass is 197 g/mol. The fourth-order valence-corrected chi connectivity index (χ4v) is 1.67. The minimum atomic E-state index is -0.326. The second-order valence-corrected chi connectivity index (χ2v) is 3.52. The Bertz CT molecular complexity index is 300. The van der Waals surface area contributed by atoms with Gasteiger partial charge in [0.25, 0.3) is 0 Å². The number of aliphatic hydroxyl groups excluding tert-OH is 1. The molecule has 14 heavy (non-hydrogen) atoms. The van der Waals surface area contributed by atoms with Gasteiger partial charge in [-0.05, 0) is 0 Å². The summed E-state index contributed by atoms with van der Waals surface area (Å²) in [7, 11) is 1.85. The summed E-state index contributed by atoms with van der Waals surface area (Å²) in [5, 5.41) is 20.5. The van der Waals surface area contributed by atoms with Gasteiger partial charge in [0.05, 0.1) is 12.3 Å². The zero-order valence-corrected chi connectivity index (χ0v) is 8.22. The normalized spacial score (nSPS) is 23.6. The van der Waals surface area contributed by atoms with Crippen molar-refractivity contribution in [2.24, 2.45) is 7.05 Å². The summed E-state index contributed by atoms with van der Waals surface area (Å²) in [6.45, 7) is 3.04. The molecule has 0 amide bonds. The Hall–Kier alpha value is -1.14. The van der Waals surface area contributed by atoms with Crippen molar-refractivity contribution in [3.05, 3.63) is 6.20 Å². The highest BCUT2D eigenvalue weighted by Gasteiger charge is 2.18.